The van der Waals surface area contributed by atoms with Gasteiger partial charge >= 0.3 is 4.87 Å². The lowest BCUT2D eigenvalue weighted by Crippen LogP contribution is -2.35. The number of thiazole rings is 1. The molecule has 5 atom stereocenters. The third-order valence-corrected chi connectivity index (χ3v) is 11.7. The zero-order valence-electron chi connectivity index (χ0n) is 20.1. The number of thioether (sulfide) groups is 1. The Morgan fingerprint density at radius 1 is 1.14 bits per heavy atom. The number of ether oxygens (including phenoxy) is 1. The Hall–Kier alpha value is -2.60. The average molecular weight is 558 g/mol. The fourth-order valence-corrected chi connectivity index (χ4v) is 10.1. The molecule has 2 bridgehead atoms. The van der Waals surface area contributed by atoms with E-state index >= 15 is 0 Å². The van der Waals surface area contributed by atoms with Gasteiger partial charge in [0.1, 0.15) is 12.3 Å². The van der Waals surface area contributed by atoms with Gasteiger partial charge < -0.3 is 10.1 Å². The minimum absolute atomic E-state index is 0.0344. The van der Waals surface area contributed by atoms with Crippen molar-refractivity contribution in [1.29, 1.82) is 0 Å². The zero-order valence-corrected chi connectivity index (χ0v) is 22.6. The SMILES string of the molecule is COc1ccccc1[C@@H]1c2sc(=O)n(CC(=O)Nc3ccc(S(N)(=O)=O)cc3)c2SC2C3CCC(C3)C21. The van der Waals surface area contributed by atoms with Crippen LogP contribution in [0.2, 0.25) is 0 Å². The van der Waals surface area contributed by atoms with Crippen LogP contribution in [0.3, 0.4) is 0 Å². The van der Waals surface area contributed by atoms with Crippen molar-refractivity contribution in [3.63, 3.8) is 0 Å². The maximum Gasteiger partial charge on any atom is 0.308 e. The number of hydrogen-bond donors (Lipinski definition) is 2. The molecule has 3 N–H and O–H groups in total. The summed E-state index contributed by atoms with van der Waals surface area (Å²) < 4.78 is 30.3. The molecule has 0 saturated heterocycles. The molecule has 2 heterocycles. The second-order valence-electron chi connectivity index (χ2n) is 9.95. The molecule has 0 radical (unpaired) electrons. The summed E-state index contributed by atoms with van der Waals surface area (Å²) in [6.07, 6.45) is 3.67. The van der Waals surface area contributed by atoms with Gasteiger partial charge in [-0.3, -0.25) is 14.2 Å². The molecule has 2 aromatic carbocycles. The lowest BCUT2D eigenvalue weighted by atomic mass is 9.74. The van der Waals surface area contributed by atoms with E-state index in [9.17, 15) is 18.0 Å². The number of para-hydroxylation sites is 1. The number of hydrogen-bond acceptors (Lipinski definition) is 7. The Morgan fingerprint density at radius 3 is 2.59 bits per heavy atom. The van der Waals surface area contributed by atoms with E-state index in [4.69, 9.17) is 9.88 Å². The van der Waals surface area contributed by atoms with Crippen LogP contribution in [-0.4, -0.2) is 31.3 Å². The highest BCUT2D eigenvalue weighted by Crippen LogP contribution is 2.64. The van der Waals surface area contributed by atoms with Gasteiger partial charge in [-0.15, -0.1) is 11.8 Å². The van der Waals surface area contributed by atoms with Crippen molar-refractivity contribution in [3.8, 4) is 5.75 Å². The van der Waals surface area contributed by atoms with Crippen molar-refractivity contribution in [2.24, 2.45) is 22.9 Å². The number of nitrogens with zero attached hydrogens (tertiary/aromatic N) is 1. The standard InChI is InChI=1S/C26H27N3O5S3/c1-34-19-5-3-2-4-18(19)22-21-14-6-7-15(12-14)23(21)35-25-24(22)36-26(31)29(25)13-20(30)28-16-8-10-17(11-9-16)37(27,32)33/h2-5,8-11,14-15,21-23H,6-7,12-13H2,1H3,(H,28,30)(H2,27,32,33)/t14?,15?,21?,22-,23?/m0/s1. The van der Waals surface area contributed by atoms with E-state index in [0.29, 0.717) is 28.7 Å². The number of amides is 1. The van der Waals surface area contributed by atoms with Crippen LogP contribution in [0, 0.1) is 17.8 Å². The summed E-state index contributed by atoms with van der Waals surface area (Å²) in [5.41, 5.74) is 1.55. The van der Waals surface area contributed by atoms with Crippen LogP contribution < -0.4 is 20.1 Å². The van der Waals surface area contributed by atoms with E-state index in [1.165, 1.54) is 54.9 Å². The topological polar surface area (TPSA) is 120 Å². The van der Waals surface area contributed by atoms with Gasteiger partial charge in [0.25, 0.3) is 0 Å². The summed E-state index contributed by atoms with van der Waals surface area (Å²) in [4.78, 5) is 27.1. The number of nitrogens with two attached hydrogens (primary N) is 1. The molecule has 1 aromatic heterocycles. The Kier molecular flexibility index (Phi) is 6.21. The van der Waals surface area contributed by atoms with Crippen molar-refractivity contribution in [2.75, 3.05) is 12.4 Å². The summed E-state index contributed by atoms with van der Waals surface area (Å²) in [5, 5.41) is 9.22. The number of rotatable bonds is 6. The molecule has 4 unspecified atom stereocenters. The van der Waals surface area contributed by atoms with E-state index < -0.39 is 10.0 Å². The lowest BCUT2D eigenvalue weighted by molar-refractivity contribution is -0.116. The predicted octanol–water partition coefficient (Wildman–Crippen LogP) is 3.86. The molecule has 3 aromatic rings. The molecule has 37 heavy (non-hydrogen) atoms. The molecule has 3 aliphatic rings. The van der Waals surface area contributed by atoms with E-state index in [0.717, 1.165) is 21.2 Å². The third-order valence-electron chi connectivity index (χ3n) is 7.93. The first-order chi connectivity index (χ1) is 17.7. The number of nitrogens with one attached hydrogen (secondary N) is 1. The number of sulfonamides is 1. The Bertz CT molecular complexity index is 1530. The number of aromatic nitrogens is 1. The van der Waals surface area contributed by atoms with Gasteiger partial charge in [0.2, 0.25) is 15.9 Å². The van der Waals surface area contributed by atoms with Gasteiger partial charge in [-0.1, -0.05) is 29.5 Å². The zero-order chi connectivity index (χ0) is 25.9. The van der Waals surface area contributed by atoms with E-state index in [1.807, 2.05) is 18.2 Å². The second-order valence-corrected chi connectivity index (χ2v) is 13.7. The average Bonchev–Trinajstić information content (AvgIpc) is 3.57. The number of primary sulfonamides is 1. The van der Waals surface area contributed by atoms with E-state index in [1.54, 1.807) is 23.4 Å². The number of benzene rings is 2. The lowest BCUT2D eigenvalue weighted by Gasteiger charge is -2.40. The molecule has 8 nitrogen and oxygen atoms in total. The summed E-state index contributed by atoms with van der Waals surface area (Å²) in [6, 6.07) is 13.7. The summed E-state index contributed by atoms with van der Waals surface area (Å²) in [7, 11) is -2.13. The van der Waals surface area contributed by atoms with Crippen molar-refractivity contribution in [2.45, 2.75) is 46.9 Å². The van der Waals surface area contributed by atoms with Crippen molar-refractivity contribution < 1.29 is 17.9 Å². The van der Waals surface area contributed by atoms with Gasteiger partial charge in [0.15, 0.2) is 0 Å². The summed E-state index contributed by atoms with van der Waals surface area (Å²) >= 11 is 3.01. The highest BCUT2D eigenvalue weighted by molar-refractivity contribution is 8.00. The van der Waals surface area contributed by atoms with Crippen LogP contribution in [-0.2, 0) is 21.4 Å². The predicted molar refractivity (Wildman–Crippen MR) is 144 cm³/mol. The monoisotopic (exact) mass is 557 g/mol. The number of carbonyl (C=O) groups excluding carboxylic acids is 1. The Balaban J connectivity index is 1.33. The fraction of sp³-hybridized carbons (Fsp3) is 0.385. The number of anilines is 1. The highest BCUT2D eigenvalue weighted by atomic mass is 32.2. The summed E-state index contributed by atoms with van der Waals surface area (Å²) in [6.45, 7) is -0.112. The Labute approximate surface area is 223 Å². The van der Waals surface area contributed by atoms with Crippen LogP contribution in [0.25, 0.3) is 0 Å². The minimum Gasteiger partial charge on any atom is -0.496 e. The molecule has 2 aliphatic carbocycles. The quantitative estimate of drug-likeness (QED) is 0.475. The number of methoxy groups -OCH3 is 1. The molecule has 194 valence electrons. The van der Waals surface area contributed by atoms with Crippen molar-refractivity contribution in [1.82, 2.24) is 4.57 Å². The normalized spacial score (nSPS) is 25.9. The molecule has 11 heteroatoms. The first kappa shape index (κ1) is 24.7. The maximum atomic E-state index is 13.3. The molecule has 1 amide bonds. The highest BCUT2D eigenvalue weighted by Gasteiger charge is 2.55. The van der Waals surface area contributed by atoms with Gasteiger partial charge in [-0.25, -0.2) is 13.6 Å². The molecular formula is C26H27N3O5S3. The van der Waals surface area contributed by atoms with Crippen LogP contribution in [0.15, 0.2) is 63.2 Å². The fourth-order valence-electron chi connectivity index (χ4n) is 6.43. The van der Waals surface area contributed by atoms with Crippen LogP contribution in [0.4, 0.5) is 5.69 Å². The molecular weight excluding hydrogens is 531 g/mol. The molecule has 2 fully saturated rings. The first-order valence-corrected chi connectivity index (χ1v) is 15.4. The van der Waals surface area contributed by atoms with Crippen LogP contribution in [0.1, 0.15) is 35.6 Å². The Morgan fingerprint density at radius 2 is 1.86 bits per heavy atom. The molecule has 2 saturated carbocycles. The second kappa shape index (κ2) is 9.30. The van der Waals surface area contributed by atoms with E-state index in [-0.39, 0.29) is 28.1 Å². The van der Waals surface area contributed by atoms with Crippen LogP contribution >= 0.6 is 23.1 Å². The number of carbonyl (C=O) groups is 1. The molecule has 1 aliphatic heterocycles. The third kappa shape index (κ3) is 4.31. The van der Waals surface area contributed by atoms with Crippen molar-refractivity contribution in [3.05, 3.63) is 68.6 Å². The van der Waals surface area contributed by atoms with Crippen LogP contribution in [0.5, 0.6) is 5.75 Å². The number of fused-ring (bicyclic) bond motifs is 6. The maximum absolute atomic E-state index is 13.3. The van der Waals surface area contributed by atoms with Gasteiger partial charge in [-0.05, 0) is 67.3 Å². The van der Waals surface area contributed by atoms with E-state index in [2.05, 4.69) is 11.4 Å². The largest absolute Gasteiger partial charge is 0.496 e. The summed E-state index contributed by atoms with van der Waals surface area (Å²) in [5.74, 6) is 2.26. The van der Waals surface area contributed by atoms with Gasteiger partial charge in [0, 0.05) is 27.3 Å². The molecule has 0 spiro atoms. The van der Waals surface area contributed by atoms with Gasteiger partial charge in [0.05, 0.1) is 17.0 Å². The molecule has 6 rings (SSSR count). The van der Waals surface area contributed by atoms with Crippen molar-refractivity contribution >= 4 is 44.7 Å². The smallest absolute Gasteiger partial charge is 0.308 e. The first-order valence-electron chi connectivity index (χ1n) is 12.2. The minimum atomic E-state index is -3.82. The van der Waals surface area contributed by atoms with Gasteiger partial charge in [-0.2, -0.15) is 0 Å².